The molecule has 4 rings (SSSR count). The zero-order valence-corrected chi connectivity index (χ0v) is 15.8. The highest BCUT2D eigenvalue weighted by molar-refractivity contribution is 5.77. The number of aliphatic carboxylic acids is 1. The van der Waals surface area contributed by atoms with Gasteiger partial charge in [0.05, 0.1) is 5.41 Å². The lowest BCUT2D eigenvalue weighted by Crippen LogP contribution is -2.42. The number of carbonyl (C=O) groups is 1. The topological polar surface area (TPSA) is 76.6 Å². The fourth-order valence-corrected chi connectivity index (χ4v) is 5.37. The van der Waals surface area contributed by atoms with E-state index in [0.717, 1.165) is 29.9 Å². The normalized spacial score (nSPS) is 30.2. The van der Waals surface area contributed by atoms with Gasteiger partial charge in [0.25, 0.3) is 0 Å². The SMILES string of the molecule is Cc1c[nH]c(CN2C[C@@H]3CN(C4CCCC4)C[C@]3(C(=O)O)C2)c(C)c1=O. The summed E-state index contributed by atoms with van der Waals surface area (Å²) in [6, 6.07) is 0.584. The summed E-state index contributed by atoms with van der Waals surface area (Å²) in [6.45, 7) is 7.24. The van der Waals surface area contributed by atoms with Crippen LogP contribution in [-0.2, 0) is 11.3 Å². The molecular weight excluding hydrogens is 330 g/mol. The molecule has 3 heterocycles. The zero-order chi connectivity index (χ0) is 18.5. The molecule has 2 saturated heterocycles. The molecule has 1 aromatic rings. The number of H-pyrrole nitrogens is 1. The monoisotopic (exact) mass is 359 g/mol. The van der Waals surface area contributed by atoms with E-state index in [4.69, 9.17) is 0 Å². The number of carboxylic acid groups (broad SMARTS) is 1. The molecule has 1 aromatic heterocycles. The smallest absolute Gasteiger partial charge is 0.312 e. The summed E-state index contributed by atoms with van der Waals surface area (Å²) in [5.74, 6) is -0.474. The van der Waals surface area contributed by atoms with Crippen LogP contribution in [0, 0.1) is 25.2 Å². The van der Waals surface area contributed by atoms with Crippen molar-refractivity contribution in [1.29, 1.82) is 0 Å². The molecule has 142 valence electrons. The number of fused-ring (bicyclic) bond motifs is 1. The maximum Gasteiger partial charge on any atom is 0.312 e. The third-order valence-electron chi connectivity index (χ3n) is 6.97. The molecular formula is C20H29N3O3. The Hall–Kier alpha value is -1.66. The van der Waals surface area contributed by atoms with E-state index in [-0.39, 0.29) is 11.3 Å². The van der Waals surface area contributed by atoms with Gasteiger partial charge in [-0.15, -0.1) is 0 Å². The minimum atomic E-state index is -0.653. The number of hydrogen-bond acceptors (Lipinski definition) is 4. The van der Waals surface area contributed by atoms with Crippen molar-refractivity contribution in [2.45, 2.75) is 52.1 Å². The van der Waals surface area contributed by atoms with Crippen molar-refractivity contribution in [3.63, 3.8) is 0 Å². The van der Waals surface area contributed by atoms with Gasteiger partial charge in [0.2, 0.25) is 0 Å². The van der Waals surface area contributed by atoms with Crippen LogP contribution in [-0.4, -0.2) is 58.1 Å². The number of aromatic amines is 1. The molecule has 3 fully saturated rings. The second-order valence-corrected chi connectivity index (χ2v) is 8.60. The van der Waals surface area contributed by atoms with E-state index in [1.165, 1.54) is 25.7 Å². The zero-order valence-electron chi connectivity index (χ0n) is 15.8. The Kier molecular flexibility index (Phi) is 4.43. The number of rotatable bonds is 4. The van der Waals surface area contributed by atoms with Gasteiger partial charge in [-0.2, -0.15) is 0 Å². The van der Waals surface area contributed by atoms with Crippen LogP contribution < -0.4 is 5.43 Å². The van der Waals surface area contributed by atoms with Crippen LogP contribution >= 0.6 is 0 Å². The molecule has 2 atom stereocenters. The number of nitrogens with zero attached hydrogens (tertiary/aromatic N) is 2. The van der Waals surface area contributed by atoms with Crippen LogP contribution in [0.3, 0.4) is 0 Å². The summed E-state index contributed by atoms with van der Waals surface area (Å²) in [7, 11) is 0. The summed E-state index contributed by atoms with van der Waals surface area (Å²) in [5.41, 5.74) is 1.81. The number of aromatic nitrogens is 1. The molecule has 0 amide bonds. The Morgan fingerprint density at radius 3 is 2.65 bits per heavy atom. The molecule has 0 bridgehead atoms. The molecule has 2 N–H and O–H groups in total. The highest BCUT2D eigenvalue weighted by Gasteiger charge is 2.58. The molecule has 3 aliphatic rings. The van der Waals surface area contributed by atoms with Crippen LogP contribution in [0.15, 0.2) is 11.0 Å². The van der Waals surface area contributed by atoms with Crippen molar-refractivity contribution >= 4 is 5.97 Å². The van der Waals surface area contributed by atoms with Crippen molar-refractivity contribution in [2.24, 2.45) is 11.3 Å². The molecule has 0 unspecified atom stereocenters. The number of aryl methyl sites for hydroxylation is 1. The van der Waals surface area contributed by atoms with Crippen LogP contribution in [0.25, 0.3) is 0 Å². The van der Waals surface area contributed by atoms with Gasteiger partial charge in [0, 0.05) is 67.7 Å². The second kappa shape index (κ2) is 6.50. The first kappa shape index (κ1) is 17.7. The van der Waals surface area contributed by atoms with E-state index in [0.29, 0.717) is 25.7 Å². The van der Waals surface area contributed by atoms with Crippen LogP contribution in [0.1, 0.15) is 42.5 Å². The van der Waals surface area contributed by atoms with E-state index in [1.54, 1.807) is 6.20 Å². The first-order valence-corrected chi connectivity index (χ1v) is 9.78. The molecule has 1 aliphatic carbocycles. The van der Waals surface area contributed by atoms with Crippen molar-refractivity contribution in [3.8, 4) is 0 Å². The number of carboxylic acids is 1. The van der Waals surface area contributed by atoms with E-state index in [9.17, 15) is 14.7 Å². The maximum atomic E-state index is 12.2. The van der Waals surface area contributed by atoms with E-state index < -0.39 is 11.4 Å². The third-order valence-corrected chi connectivity index (χ3v) is 6.97. The first-order chi connectivity index (χ1) is 12.4. The largest absolute Gasteiger partial charge is 0.481 e. The summed E-state index contributed by atoms with van der Waals surface area (Å²) in [4.78, 5) is 32.3. The Bertz CT molecular complexity index is 768. The van der Waals surface area contributed by atoms with Gasteiger partial charge in [0.1, 0.15) is 0 Å². The molecule has 26 heavy (non-hydrogen) atoms. The van der Waals surface area contributed by atoms with Gasteiger partial charge in [0.15, 0.2) is 5.43 Å². The van der Waals surface area contributed by atoms with E-state index in [1.807, 2.05) is 13.8 Å². The van der Waals surface area contributed by atoms with E-state index >= 15 is 0 Å². The summed E-state index contributed by atoms with van der Waals surface area (Å²) in [5, 5.41) is 10.0. The predicted octanol–water partition coefficient (Wildman–Crippen LogP) is 1.75. The quantitative estimate of drug-likeness (QED) is 0.857. The maximum absolute atomic E-state index is 12.2. The summed E-state index contributed by atoms with van der Waals surface area (Å²) < 4.78 is 0. The number of likely N-dealkylation sites (tertiary alicyclic amines) is 2. The van der Waals surface area contributed by atoms with Gasteiger partial charge in [-0.25, -0.2) is 0 Å². The fraction of sp³-hybridized carbons (Fsp3) is 0.700. The Balaban J connectivity index is 1.51. The molecule has 0 radical (unpaired) electrons. The lowest BCUT2D eigenvalue weighted by atomic mass is 9.81. The van der Waals surface area contributed by atoms with Gasteiger partial charge in [-0.05, 0) is 26.7 Å². The van der Waals surface area contributed by atoms with Crippen molar-refractivity contribution in [1.82, 2.24) is 14.8 Å². The number of nitrogens with one attached hydrogen (secondary N) is 1. The van der Waals surface area contributed by atoms with Crippen molar-refractivity contribution in [3.05, 3.63) is 33.2 Å². The molecule has 0 aromatic carbocycles. The Labute approximate surface area is 154 Å². The molecule has 6 heteroatoms. The van der Waals surface area contributed by atoms with Gasteiger partial charge in [-0.1, -0.05) is 12.8 Å². The lowest BCUT2D eigenvalue weighted by molar-refractivity contribution is -0.149. The fourth-order valence-electron chi connectivity index (χ4n) is 5.37. The van der Waals surface area contributed by atoms with Crippen LogP contribution in [0.2, 0.25) is 0 Å². The Morgan fingerprint density at radius 2 is 2.00 bits per heavy atom. The van der Waals surface area contributed by atoms with Gasteiger partial charge >= 0.3 is 5.97 Å². The highest BCUT2D eigenvalue weighted by atomic mass is 16.4. The minimum absolute atomic E-state index is 0.0819. The predicted molar refractivity (Wildman–Crippen MR) is 99.2 cm³/mol. The van der Waals surface area contributed by atoms with Crippen LogP contribution in [0.5, 0.6) is 0 Å². The van der Waals surface area contributed by atoms with Crippen LogP contribution in [0.4, 0.5) is 0 Å². The Morgan fingerprint density at radius 1 is 1.27 bits per heavy atom. The van der Waals surface area contributed by atoms with E-state index in [2.05, 4.69) is 14.8 Å². The first-order valence-electron chi connectivity index (χ1n) is 9.78. The second-order valence-electron chi connectivity index (χ2n) is 8.60. The molecule has 2 aliphatic heterocycles. The van der Waals surface area contributed by atoms with Crippen molar-refractivity contribution < 1.29 is 9.90 Å². The highest BCUT2D eigenvalue weighted by Crippen LogP contribution is 2.45. The average Bonchev–Trinajstić information content (AvgIpc) is 3.29. The molecule has 6 nitrogen and oxygen atoms in total. The molecule has 1 saturated carbocycles. The van der Waals surface area contributed by atoms with Gasteiger partial charge < -0.3 is 10.1 Å². The lowest BCUT2D eigenvalue weighted by Gasteiger charge is -2.28. The summed E-state index contributed by atoms with van der Waals surface area (Å²) in [6.07, 6.45) is 6.75. The standard InChI is InChI=1S/C20H29N3O3/c1-13-7-21-17(14(2)18(13)24)10-22-8-15-9-23(16-5-3-4-6-16)12-20(15,11-22)19(25)26/h7,15-16H,3-6,8-12H2,1-2H3,(H,21,24)(H,25,26)/t15-,20-/m1/s1. The van der Waals surface area contributed by atoms with Gasteiger partial charge in [-0.3, -0.25) is 19.4 Å². The molecule has 0 spiro atoms. The van der Waals surface area contributed by atoms with Crippen molar-refractivity contribution in [2.75, 3.05) is 26.2 Å². The summed E-state index contributed by atoms with van der Waals surface area (Å²) >= 11 is 0. The minimum Gasteiger partial charge on any atom is -0.481 e. The average molecular weight is 359 g/mol. The number of pyridine rings is 1. The third kappa shape index (κ3) is 2.79. The number of hydrogen-bond donors (Lipinski definition) is 2.